The molecule has 0 heterocycles. The Morgan fingerprint density at radius 2 is 1.00 bits per heavy atom. The van der Waals surface area contributed by atoms with Gasteiger partial charge in [-0.15, -0.1) is 0 Å². The third kappa shape index (κ3) is 5.92. The minimum atomic E-state index is 0.164. The van der Waals surface area contributed by atoms with Crippen molar-refractivity contribution in [3.63, 3.8) is 0 Å². The predicted molar refractivity (Wildman–Crippen MR) is 32.4 cm³/mol. The van der Waals surface area contributed by atoms with Gasteiger partial charge in [-0.05, 0) is 27.7 Å². The monoisotopic (exact) mass is 118 g/mol. The van der Waals surface area contributed by atoms with Crippen LogP contribution in [0.4, 0.5) is 0 Å². The molecule has 0 aromatic rings. The summed E-state index contributed by atoms with van der Waals surface area (Å²) in [7, 11) is 0. The molecule has 0 saturated heterocycles. The van der Waals surface area contributed by atoms with E-state index >= 15 is 0 Å². The molecule has 50 valence electrons. The van der Waals surface area contributed by atoms with Crippen molar-refractivity contribution in [1.82, 2.24) is 0 Å². The zero-order valence-corrected chi connectivity index (χ0v) is 5.97. The van der Waals surface area contributed by atoms with Crippen LogP contribution in [0.5, 0.6) is 0 Å². The van der Waals surface area contributed by atoms with E-state index in [4.69, 9.17) is 9.78 Å². The maximum atomic E-state index is 4.80. The normalized spacial score (nSPS) is 11.2. The predicted octanol–water partition coefficient (Wildman–Crippen LogP) is 1.75. The lowest BCUT2D eigenvalue weighted by molar-refractivity contribution is -0.337. The summed E-state index contributed by atoms with van der Waals surface area (Å²) in [6.07, 6.45) is 0.329. The minimum absolute atomic E-state index is 0.164. The van der Waals surface area contributed by atoms with E-state index in [0.717, 1.165) is 0 Å². The largest absolute Gasteiger partial charge is 0.234 e. The Morgan fingerprint density at radius 1 is 0.750 bits per heavy atom. The molecule has 0 aliphatic rings. The van der Waals surface area contributed by atoms with Gasteiger partial charge in [0.25, 0.3) is 0 Å². The van der Waals surface area contributed by atoms with Gasteiger partial charge in [-0.25, -0.2) is 9.78 Å². The number of hydrogen-bond donors (Lipinski definition) is 0. The third-order valence-electron chi connectivity index (χ3n) is 0.440. The molecule has 2 nitrogen and oxygen atoms in total. The van der Waals surface area contributed by atoms with Crippen LogP contribution in [-0.2, 0) is 9.78 Å². The summed E-state index contributed by atoms with van der Waals surface area (Å²) in [6.45, 7) is 7.73. The maximum absolute atomic E-state index is 4.80. The average molecular weight is 118 g/mol. The summed E-state index contributed by atoms with van der Waals surface area (Å²) in [5.41, 5.74) is 0. The molecule has 0 rings (SSSR count). The second kappa shape index (κ2) is 3.87. The van der Waals surface area contributed by atoms with E-state index in [2.05, 4.69) is 0 Å². The van der Waals surface area contributed by atoms with E-state index in [1.165, 1.54) is 0 Å². The Labute approximate surface area is 50.7 Å². The summed E-state index contributed by atoms with van der Waals surface area (Å²) in [5.74, 6) is 0. The molecule has 2 heteroatoms. The van der Waals surface area contributed by atoms with E-state index in [-0.39, 0.29) is 12.2 Å². The van der Waals surface area contributed by atoms with Gasteiger partial charge in [0.05, 0.1) is 12.2 Å². The van der Waals surface area contributed by atoms with Crippen molar-refractivity contribution >= 4 is 0 Å². The van der Waals surface area contributed by atoms with Crippen molar-refractivity contribution in [2.24, 2.45) is 0 Å². The zero-order valence-electron chi connectivity index (χ0n) is 5.97. The fourth-order valence-corrected chi connectivity index (χ4v) is 0.222. The third-order valence-corrected chi connectivity index (χ3v) is 0.440. The van der Waals surface area contributed by atoms with Crippen molar-refractivity contribution < 1.29 is 9.78 Å². The Bertz CT molecular complexity index is 42.5. The van der Waals surface area contributed by atoms with Crippen LogP contribution in [0, 0.1) is 0 Å². The first-order chi connectivity index (χ1) is 3.63. The highest BCUT2D eigenvalue weighted by molar-refractivity contribution is 4.30. The second-order valence-corrected chi connectivity index (χ2v) is 2.29. The van der Waals surface area contributed by atoms with Crippen LogP contribution in [-0.4, -0.2) is 12.2 Å². The minimum Gasteiger partial charge on any atom is -0.234 e. The van der Waals surface area contributed by atoms with E-state index in [1.54, 1.807) is 0 Å². The molecule has 0 aliphatic carbocycles. The van der Waals surface area contributed by atoms with Crippen molar-refractivity contribution in [3.05, 3.63) is 0 Å². The molecule has 0 aliphatic heterocycles. The highest BCUT2D eigenvalue weighted by atomic mass is 17.2. The lowest BCUT2D eigenvalue weighted by Gasteiger charge is -2.08. The van der Waals surface area contributed by atoms with Crippen molar-refractivity contribution in [1.29, 1.82) is 0 Å². The first kappa shape index (κ1) is 7.92. The van der Waals surface area contributed by atoms with E-state index < -0.39 is 0 Å². The molecular weight excluding hydrogens is 104 g/mol. The fraction of sp³-hybridized carbons (Fsp3) is 1.00. The van der Waals surface area contributed by atoms with Gasteiger partial charge < -0.3 is 0 Å². The first-order valence-corrected chi connectivity index (χ1v) is 2.95. The highest BCUT2D eigenvalue weighted by Gasteiger charge is 1.95. The van der Waals surface area contributed by atoms with E-state index in [0.29, 0.717) is 0 Å². The van der Waals surface area contributed by atoms with Crippen LogP contribution < -0.4 is 0 Å². The van der Waals surface area contributed by atoms with Crippen molar-refractivity contribution in [2.45, 2.75) is 39.9 Å². The van der Waals surface area contributed by atoms with Crippen LogP contribution >= 0.6 is 0 Å². The molecule has 8 heavy (non-hydrogen) atoms. The molecular formula is C6H14O2. The Balaban J connectivity index is 2.93. The Morgan fingerprint density at radius 3 is 1.12 bits per heavy atom. The molecule has 0 N–H and O–H groups in total. The van der Waals surface area contributed by atoms with Gasteiger partial charge in [0, 0.05) is 0 Å². The molecule has 0 bridgehead atoms. The quantitative estimate of drug-likeness (QED) is 0.415. The Kier molecular flexibility index (Phi) is 3.83. The summed E-state index contributed by atoms with van der Waals surface area (Å²) in [5, 5.41) is 0. The standard InChI is InChI=1S/C6H14O2/c1-5(2)7-8-6(3)4/h5-6H,1-4H3. The Hall–Kier alpha value is -0.0800. The smallest absolute Gasteiger partial charge is 0.0874 e. The average Bonchev–Trinajstić information content (AvgIpc) is 1.61. The van der Waals surface area contributed by atoms with Crippen LogP contribution in [0.25, 0.3) is 0 Å². The maximum Gasteiger partial charge on any atom is 0.0874 e. The van der Waals surface area contributed by atoms with Crippen LogP contribution in [0.3, 0.4) is 0 Å². The van der Waals surface area contributed by atoms with Crippen LogP contribution in [0.1, 0.15) is 27.7 Å². The van der Waals surface area contributed by atoms with Crippen LogP contribution in [0.2, 0.25) is 0 Å². The highest BCUT2D eigenvalue weighted by Crippen LogP contribution is 1.93. The van der Waals surface area contributed by atoms with Crippen LogP contribution in [0.15, 0.2) is 0 Å². The first-order valence-electron chi connectivity index (χ1n) is 2.95. The van der Waals surface area contributed by atoms with Crippen molar-refractivity contribution in [3.8, 4) is 0 Å². The molecule has 0 spiro atoms. The molecule has 0 unspecified atom stereocenters. The molecule has 0 aromatic carbocycles. The van der Waals surface area contributed by atoms with Gasteiger partial charge in [0.2, 0.25) is 0 Å². The summed E-state index contributed by atoms with van der Waals surface area (Å²) in [4.78, 5) is 9.61. The second-order valence-electron chi connectivity index (χ2n) is 2.29. The molecule has 0 atom stereocenters. The molecule has 0 saturated carbocycles. The van der Waals surface area contributed by atoms with Gasteiger partial charge in [-0.2, -0.15) is 0 Å². The van der Waals surface area contributed by atoms with Gasteiger partial charge >= 0.3 is 0 Å². The van der Waals surface area contributed by atoms with Gasteiger partial charge in [-0.1, -0.05) is 0 Å². The van der Waals surface area contributed by atoms with Crippen molar-refractivity contribution in [2.75, 3.05) is 0 Å². The van der Waals surface area contributed by atoms with E-state index in [9.17, 15) is 0 Å². The molecule has 0 aromatic heterocycles. The molecule has 0 amide bonds. The summed E-state index contributed by atoms with van der Waals surface area (Å²) < 4.78 is 0. The number of rotatable bonds is 3. The molecule has 0 radical (unpaired) electrons. The molecule has 0 fully saturated rings. The van der Waals surface area contributed by atoms with E-state index in [1.807, 2.05) is 27.7 Å². The summed E-state index contributed by atoms with van der Waals surface area (Å²) in [6, 6.07) is 0. The van der Waals surface area contributed by atoms with Gasteiger partial charge in [0.15, 0.2) is 0 Å². The topological polar surface area (TPSA) is 18.5 Å². The fourth-order valence-electron chi connectivity index (χ4n) is 0.222. The lowest BCUT2D eigenvalue weighted by atomic mass is 10.5. The SMILES string of the molecule is CC(C)OOC(C)C. The zero-order chi connectivity index (χ0) is 6.57. The summed E-state index contributed by atoms with van der Waals surface area (Å²) >= 11 is 0. The number of hydrogen-bond acceptors (Lipinski definition) is 2. The van der Waals surface area contributed by atoms with Gasteiger partial charge in [-0.3, -0.25) is 0 Å². The lowest BCUT2D eigenvalue weighted by Crippen LogP contribution is -2.08. The van der Waals surface area contributed by atoms with Gasteiger partial charge in [0.1, 0.15) is 0 Å².